The van der Waals surface area contributed by atoms with Gasteiger partial charge in [-0.15, -0.1) is 0 Å². The van der Waals surface area contributed by atoms with Crippen LogP contribution in [0.2, 0.25) is 0 Å². The van der Waals surface area contributed by atoms with E-state index in [0.717, 1.165) is 29.5 Å². The molecule has 1 atom stereocenters. The Kier molecular flexibility index (Phi) is 7.12. The summed E-state index contributed by atoms with van der Waals surface area (Å²) in [6, 6.07) is 15.3. The molecule has 6 heteroatoms. The van der Waals surface area contributed by atoms with Gasteiger partial charge in [0, 0.05) is 24.7 Å². The van der Waals surface area contributed by atoms with Crippen molar-refractivity contribution in [3.8, 4) is 5.75 Å². The van der Waals surface area contributed by atoms with Gasteiger partial charge in [-0.05, 0) is 49.1 Å². The van der Waals surface area contributed by atoms with Crippen molar-refractivity contribution in [2.75, 3.05) is 25.6 Å². The van der Waals surface area contributed by atoms with Crippen molar-refractivity contribution in [3.63, 3.8) is 0 Å². The standard InChI is InChI=1S/C21H25BrN2O3/c1-24(14-16-9-11-17(22)12-10-16)21(25)23-19-7-2-3-8-20(19)27-15-18-6-4-5-13-26-18/h2-3,7-12,18H,4-6,13-15H2,1H3,(H,23,25). The molecule has 1 aliphatic rings. The number of amides is 2. The Morgan fingerprint density at radius 1 is 1.22 bits per heavy atom. The van der Waals surface area contributed by atoms with E-state index in [-0.39, 0.29) is 12.1 Å². The fraction of sp³-hybridized carbons (Fsp3) is 0.381. The summed E-state index contributed by atoms with van der Waals surface area (Å²) in [5.74, 6) is 0.664. The number of carbonyl (C=O) groups is 1. The summed E-state index contributed by atoms with van der Waals surface area (Å²) in [5.41, 5.74) is 1.73. The summed E-state index contributed by atoms with van der Waals surface area (Å²) < 4.78 is 12.7. The van der Waals surface area contributed by atoms with E-state index in [0.29, 0.717) is 24.6 Å². The lowest BCUT2D eigenvalue weighted by molar-refractivity contribution is -0.0109. The molecule has 3 rings (SSSR count). The highest BCUT2D eigenvalue weighted by atomic mass is 79.9. The Hall–Kier alpha value is -2.05. The lowest BCUT2D eigenvalue weighted by atomic mass is 10.1. The second-order valence-electron chi connectivity index (χ2n) is 6.71. The van der Waals surface area contributed by atoms with Crippen LogP contribution >= 0.6 is 15.9 Å². The van der Waals surface area contributed by atoms with Crippen LogP contribution in [0.4, 0.5) is 10.5 Å². The molecule has 5 nitrogen and oxygen atoms in total. The number of ether oxygens (including phenoxy) is 2. The van der Waals surface area contributed by atoms with Crippen LogP contribution in [0.1, 0.15) is 24.8 Å². The molecule has 0 aliphatic carbocycles. The largest absolute Gasteiger partial charge is 0.489 e. The maximum Gasteiger partial charge on any atom is 0.321 e. The Morgan fingerprint density at radius 2 is 2.00 bits per heavy atom. The average Bonchev–Trinajstić information content (AvgIpc) is 2.70. The maximum atomic E-state index is 12.6. The predicted octanol–water partition coefficient (Wildman–Crippen LogP) is 5.06. The van der Waals surface area contributed by atoms with Crippen LogP contribution in [0.5, 0.6) is 5.75 Å². The van der Waals surface area contributed by atoms with Gasteiger partial charge in [-0.1, -0.05) is 40.2 Å². The smallest absolute Gasteiger partial charge is 0.321 e. The van der Waals surface area contributed by atoms with Crippen LogP contribution in [0.25, 0.3) is 0 Å². The molecule has 0 spiro atoms. The van der Waals surface area contributed by atoms with E-state index in [1.807, 2.05) is 48.5 Å². The molecule has 27 heavy (non-hydrogen) atoms. The van der Waals surface area contributed by atoms with Crippen LogP contribution in [-0.4, -0.2) is 37.3 Å². The fourth-order valence-electron chi connectivity index (χ4n) is 2.96. The first-order valence-electron chi connectivity index (χ1n) is 9.22. The number of rotatable bonds is 6. The number of hydrogen-bond acceptors (Lipinski definition) is 3. The Bertz CT molecular complexity index is 745. The van der Waals surface area contributed by atoms with E-state index < -0.39 is 0 Å². The third kappa shape index (κ3) is 5.97. The molecule has 0 bridgehead atoms. The average molecular weight is 433 g/mol. The minimum absolute atomic E-state index is 0.127. The summed E-state index contributed by atoms with van der Waals surface area (Å²) in [7, 11) is 1.77. The number of para-hydroxylation sites is 2. The van der Waals surface area contributed by atoms with Crippen LogP contribution in [0.15, 0.2) is 53.0 Å². The van der Waals surface area contributed by atoms with Crippen LogP contribution in [0, 0.1) is 0 Å². The minimum Gasteiger partial charge on any atom is -0.489 e. The van der Waals surface area contributed by atoms with E-state index in [2.05, 4.69) is 21.2 Å². The third-order valence-corrected chi connectivity index (χ3v) is 5.04. The second kappa shape index (κ2) is 9.76. The van der Waals surface area contributed by atoms with Crippen molar-refractivity contribution in [3.05, 3.63) is 58.6 Å². The van der Waals surface area contributed by atoms with Gasteiger partial charge in [-0.2, -0.15) is 0 Å². The highest BCUT2D eigenvalue weighted by Crippen LogP contribution is 2.25. The summed E-state index contributed by atoms with van der Waals surface area (Å²) in [4.78, 5) is 14.2. The number of anilines is 1. The molecule has 0 aromatic heterocycles. The van der Waals surface area contributed by atoms with Crippen molar-refractivity contribution in [1.82, 2.24) is 4.90 Å². The summed E-state index contributed by atoms with van der Waals surface area (Å²) in [6.07, 6.45) is 3.44. The highest BCUT2D eigenvalue weighted by Gasteiger charge is 2.16. The SMILES string of the molecule is CN(Cc1ccc(Br)cc1)C(=O)Nc1ccccc1OCC1CCCCO1. The number of halogens is 1. The first-order valence-corrected chi connectivity index (χ1v) is 10.0. The van der Waals surface area contributed by atoms with Crippen molar-refractivity contribution >= 4 is 27.6 Å². The summed E-state index contributed by atoms with van der Waals surface area (Å²) >= 11 is 3.42. The Balaban J connectivity index is 1.57. The predicted molar refractivity (Wildman–Crippen MR) is 110 cm³/mol. The van der Waals surface area contributed by atoms with Crippen molar-refractivity contribution < 1.29 is 14.3 Å². The maximum absolute atomic E-state index is 12.6. The molecule has 1 N–H and O–H groups in total. The van der Waals surface area contributed by atoms with Crippen LogP contribution < -0.4 is 10.1 Å². The van der Waals surface area contributed by atoms with Gasteiger partial charge >= 0.3 is 6.03 Å². The molecule has 1 heterocycles. The fourth-order valence-corrected chi connectivity index (χ4v) is 3.23. The normalized spacial score (nSPS) is 16.6. The van der Waals surface area contributed by atoms with Gasteiger partial charge < -0.3 is 19.7 Å². The summed E-state index contributed by atoms with van der Waals surface area (Å²) in [6.45, 7) is 1.83. The number of hydrogen-bond donors (Lipinski definition) is 1. The van der Waals surface area contributed by atoms with E-state index >= 15 is 0 Å². The monoisotopic (exact) mass is 432 g/mol. The lowest BCUT2D eigenvalue weighted by Gasteiger charge is -2.24. The van der Waals surface area contributed by atoms with Gasteiger partial charge in [0.25, 0.3) is 0 Å². The zero-order valence-corrected chi connectivity index (χ0v) is 17.1. The van der Waals surface area contributed by atoms with E-state index in [9.17, 15) is 4.79 Å². The van der Waals surface area contributed by atoms with E-state index in [1.165, 1.54) is 6.42 Å². The minimum atomic E-state index is -0.178. The van der Waals surface area contributed by atoms with Crippen molar-refractivity contribution in [1.29, 1.82) is 0 Å². The second-order valence-corrected chi connectivity index (χ2v) is 7.62. The molecule has 1 saturated heterocycles. The van der Waals surface area contributed by atoms with Crippen molar-refractivity contribution in [2.45, 2.75) is 31.9 Å². The molecule has 2 aromatic rings. The molecule has 1 unspecified atom stereocenters. The summed E-state index contributed by atoms with van der Waals surface area (Å²) in [5, 5.41) is 2.94. The van der Waals surface area contributed by atoms with Crippen LogP contribution in [0.3, 0.4) is 0 Å². The molecule has 0 saturated carbocycles. The molecule has 1 aliphatic heterocycles. The van der Waals surface area contributed by atoms with Gasteiger partial charge in [-0.3, -0.25) is 0 Å². The first-order chi connectivity index (χ1) is 13.1. The zero-order chi connectivity index (χ0) is 19.1. The Labute approximate surface area is 168 Å². The molecular weight excluding hydrogens is 408 g/mol. The first kappa shape index (κ1) is 19.7. The molecule has 2 aromatic carbocycles. The van der Waals surface area contributed by atoms with E-state index in [4.69, 9.17) is 9.47 Å². The zero-order valence-electron chi connectivity index (χ0n) is 15.5. The topological polar surface area (TPSA) is 50.8 Å². The van der Waals surface area contributed by atoms with E-state index in [1.54, 1.807) is 11.9 Å². The number of nitrogens with one attached hydrogen (secondary N) is 1. The molecule has 144 valence electrons. The van der Waals surface area contributed by atoms with Crippen molar-refractivity contribution in [2.24, 2.45) is 0 Å². The number of urea groups is 1. The number of benzene rings is 2. The molecular formula is C21H25BrN2O3. The molecule has 1 fully saturated rings. The molecule has 0 radical (unpaired) electrons. The number of nitrogens with zero attached hydrogens (tertiary/aromatic N) is 1. The lowest BCUT2D eigenvalue weighted by Crippen LogP contribution is -2.31. The van der Waals surface area contributed by atoms with Gasteiger partial charge in [-0.25, -0.2) is 4.79 Å². The molecule has 2 amide bonds. The number of carbonyl (C=O) groups excluding carboxylic acids is 1. The van der Waals surface area contributed by atoms with Gasteiger partial charge in [0.2, 0.25) is 0 Å². The van der Waals surface area contributed by atoms with Gasteiger partial charge in [0.1, 0.15) is 12.4 Å². The third-order valence-electron chi connectivity index (χ3n) is 4.51. The quantitative estimate of drug-likeness (QED) is 0.693. The van der Waals surface area contributed by atoms with Gasteiger partial charge in [0.15, 0.2) is 0 Å². The Morgan fingerprint density at radius 3 is 2.74 bits per heavy atom. The van der Waals surface area contributed by atoms with Crippen LogP contribution in [-0.2, 0) is 11.3 Å². The highest BCUT2D eigenvalue weighted by molar-refractivity contribution is 9.10. The van der Waals surface area contributed by atoms with Gasteiger partial charge in [0.05, 0.1) is 11.8 Å².